The molecular formula is C15H21N5O2S2. The van der Waals surface area contributed by atoms with Crippen LogP contribution in [0.4, 0.5) is 0 Å². The topological polar surface area (TPSA) is 95.5 Å². The molecule has 2 aromatic rings. The van der Waals surface area contributed by atoms with Gasteiger partial charge in [-0.1, -0.05) is 12.1 Å². The quantitative estimate of drug-likeness (QED) is 0.527. The lowest BCUT2D eigenvalue weighted by Crippen LogP contribution is -2.36. The zero-order valence-electron chi connectivity index (χ0n) is 13.8. The second kappa shape index (κ2) is 8.22. The van der Waals surface area contributed by atoms with Crippen molar-refractivity contribution in [2.24, 2.45) is 4.99 Å². The molecule has 0 unspecified atom stereocenters. The molecule has 0 atom stereocenters. The number of benzene rings is 1. The lowest BCUT2D eigenvalue weighted by molar-refractivity contribution is 0.588. The third-order valence-corrected chi connectivity index (χ3v) is 5.56. The maximum Gasteiger partial charge on any atom is 0.240 e. The van der Waals surface area contributed by atoms with Crippen LogP contribution in [-0.2, 0) is 23.1 Å². The van der Waals surface area contributed by atoms with Gasteiger partial charge in [0, 0.05) is 24.7 Å². The molecule has 24 heavy (non-hydrogen) atoms. The molecule has 1 aromatic carbocycles. The molecule has 0 aliphatic heterocycles. The van der Waals surface area contributed by atoms with Gasteiger partial charge in [-0.15, -0.1) is 11.3 Å². The predicted octanol–water partition coefficient (Wildman–Crippen LogP) is 1.22. The minimum absolute atomic E-state index is 0.241. The molecule has 0 spiro atoms. The van der Waals surface area contributed by atoms with Gasteiger partial charge in [0.1, 0.15) is 5.01 Å². The Morgan fingerprint density at radius 1 is 1.29 bits per heavy atom. The highest BCUT2D eigenvalue weighted by molar-refractivity contribution is 7.89. The number of hydrogen-bond acceptors (Lipinski definition) is 5. The Balaban J connectivity index is 1.95. The first-order valence-electron chi connectivity index (χ1n) is 7.33. The van der Waals surface area contributed by atoms with Crippen LogP contribution >= 0.6 is 11.3 Å². The Bertz CT molecular complexity index is 815. The Morgan fingerprint density at radius 2 is 2.04 bits per heavy atom. The van der Waals surface area contributed by atoms with Crippen molar-refractivity contribution < 1.29 is 8.42 Å². The number of thiazole rings is 1. The second-order valence-electron chi connectivity index (χ2n) is 5.00. The SMILES string of the molecule is CN=C(NCc1cccc(S(=O)(=O)NC)c1)NCc1ncc(C)s1. The summed E-state index contributed by atoms with van der Waals surface area (Å²) in [6.45, 7) is 3.07. The number of aryl methyl sites for hydroxylation is 1. The number of nitrogens with zero attached hydrogens (tertiary/aromatic N) is 2. The molecule has 0 radical (unpaired) electrons. The van der Waals surface area contributed by atoms with E-state index in [2.05, 4.69) is 25.3 Å². The van der Waals surface area contributed by atoms with Crippen LogP contribution < -0.4 is 15.4 Å². The number of hydrogen-bond donors (Lipinski definition) is 3. The van der Waals surface area contributed by atoms with Crippen LogP contribution in [0.3, 0.4) is 0 Å². The maximum atomic E-state index is 11.8. The molecule has 1 heterocycles. The zero-order valence-corrected chi connectivity index (χ0v) is 15.5. The minimum atomic E-state index is -3.44. The fourth-order valence-corrected chi connectivity index (χ4v) is 3.52. The van der Waals surface area contributed by atoms with E-state index in [9.17, 15) is 8.42 Å². The van der Waals surface area contributed by atoms with Crippen LogP contribution in [0.5, 0.6) is 0 Å². The fraction of sp³-hybridized carbons (Fsp3) is 0.333. The molecular weight excluding hydrogens is 346 g/mol. The largest absolute Gasteiger partial charge is 0.352 e. The number of sulfonamides is 1. The Hall–Kier alpha value is -1.97. The standard InChI is InChI=1S/C15H21N5O2S2/c1-11-8-18-14(23-11)10-20-15(16-2)19-9-12-5-4-6-13(7-12)24(21,22)17-3/h4-8,17H,9-10H2,1-3H3,(H2,16,19,20). The summed E-state index contributed by atoms with van der Waals surface area (Å²) < 4.78 is 26.0. The van der Waals surface area contributed by atoms with Gasteiger partial charge in [-0.25, -0.2) is 18.1 Å². The smallest absolute Gasteiger partial charge is 0.240 e. The monoisotopic (exact) mass is 367 g/mol. The Kier molecular flexibility index (Phi) is 6.29. The third kappa shape index (κ3) is 5.02. The van der Waals surface area contributed by atoms with Gasteiger partial charge in [0.15, 0.2) is 5.96 Å². The van der Waals surface area contributed by atoms with Crippen molar-refractivity contribution in [2.45, 2.75) is 24.9 Å². The van der Waals surface area contributed by atoms with E-state index in [1.165, 1.54) is 7.05 Å². The molecule has 2 rings (SSSR count). The molecule has 0 aliphatic carbocycles. The highest BCUT2D eigenvalue weighted by Gasteiger charge is 2.11. The lowest BCUT2D eigenvalue weighted by Gasteiger charge is -2.11. The van der Waals surface area contributed by atoms with Gasteiger partial charge in [0.25, 0.3) is 0 Å². The highest BCUT2D eigenvalue weighted by atomic mass is 32.2. The van der Waals surface area contributed by atoms with Crippen molar-refractivity contribution >= 4 is 27.3 Å². The molecule has 9 heteroatoms. The highest BCUT2D eigenvalue weighted by Crippen LogP contribution is 2.11. The van der Waals surface area contributed by atoms with Crippen molar-refractivity contribution in [3.63, 3.8) is 0 Å². The van der Waals surface area contributed by atoms with Gasteiger partial charge >= 0.3 is 0 Å². The molecule has 0 amide bonds. The molecule has 0 fully saturated rings. The van der Waals surface area contributed by atoms with Gasteiger partial charge in [0.2, 0.25) is 10.0 Å². The number of aliphatic imine (C=N–C) groups is 1. The normalized spacial score (nSPS) is 12.2. The van der Waals surface area contributed by atoms with Crippen molar-refractivity contribution in [3.8, 4) is 0 Å². The molecule has 0 saturated carbocycles. The van der Waals surface area contributed by atoms with Crippen LogP contribution in [0, 0.1) is 6.92 Å². The van der Waals surface area contributed by atoms with E-state index >= 15 is 0 Å². The summed E-state index contributed by atoms with van der Waals surface area (Å²) in [5, 5.41) is 7.33. The minimum Gasteiger partial charge on any atom is -0.352 e. The number of nitrogens with one attached hydrogen (secondary N) is 3. The maximum absolute atomic E-state index is 11.8. The number of guanidine groups is 1. The summed E-state index contributed by atoms with van der Waals surface area (Å²) in [6.07, 6.45) is 1.84. The summed E-state index contributed by atoms with van der Waals surface area (Å²) in [4.78, 5) is 9.85. The van der Waals surface area contributed by atoms with Gasteiger partial charge in [-0.3, -0.25) is 4.99 Å². The Morgan fingerprint density at radius 3 is 2.67 bits per heavy atom. The molecule has 0 bridgehead atoms. The molecule has 0 saturated heterocycles. The number of rotatable bonds is 6. The van der Waals surface area contributed by atoms with Crippen LogP contribution in [0.2, 0.25) is 0 Å². The summed E-state index contributed by atoms with van der Waals surface area (Å²) in [7, 11) is -0.359. The first kappa shape index (κ1) is 18.4. The van der Waals surface area contributed by atoms with E-state index in [-0.39, 0.29) is 4.90 Å². The van der Waals surface area contributed by atoms with Gasteiger partial charge in [-0.05, 0) is 31.7 Å². The first-order chi connectivity index (χ1) is 11.4. The summed E-state index contributed by atoms with van der Waals surface area (Å²) >= 11 is 1.63. The van der Waals surface area contributed by atoms with Gasteiger partial charge < -0.3 is 10.6 Å². The van der Waals surface area contributed by atoms with E-state index in [4.69, 9.17) is 0 Å². The van der Waals surface area contributed by atoms with E-state index in [0.717, 1.165) is 15.4 Å². The number of aromatic nitrogens is 1. The average Bonchev–Trinajstić information content (AvgIpc) is 3.00. The summed E-state index contributed by atoms with van der Waals surface area (Å²) in [6, 6.07) is 6.78. The van der Waals surface area contributed by atoms with E-state index in [0.29, 0.717) is 19.0 Å². The van der Waals surface area contributed by atoms with Crippen molar-refractivity contribution in [3.05, 3.63) is 45.9 Å². The zero-order chi connectivity index (χ0) is 17.6. The van der Waals surface area contributed by atoms with E-state index in [1.54, 1.807) is 36.6 Å². The molecule has 130 valence electrons. The molecule has 7 nitrogen and oxygen atoms in total. The van der Waals surface area contributed by atoms with Crippen LogP contribution in [0.15, 0.2) is 40.4 Å². The van der Waals surface area contributed by atoms with Crippen molar-refractivity contribution in [2.75, 3.05) is 14.1 Å². The summed E-state index contributed by atoms with van der Waals surface area (Å²) in [5.41, 5.74) is 0.847. The average molecular weight is 368 g/mol. The van der Waals surface area contributed by atoms with Crippen LogP contribution in [-0.4, -0.2) is 33.5 Å². The Labute approximate surface area is 146 Å². The molecule has 1 aromatic heterocycles. The second-order valence-corrected chi connectivity index (χ2v) is 8.20. The van der Waals surface area contributed by atoms with Gasteiger partial charge in [-0.2, -0.15) is 0 Å². The summed E-state index contributed by atoms with van der Waals surface area (Å²) in [5.74, 6) is 0.629. The fourth-order valence-electron chi connectivity index (χ4n) is 1.99. The molecule has 3 N–H and O–H groups in total. The first-order valence-corrected chi connectivity index (χ1v) is 9.63. The van der Waals surface area contributed by atoms with Crippen LogP contribution in [0.25, 0.3) is 0 Å². The lowest BCUT2D eigenvalue weighted by atomic mass is 10.2. The van der Waals surface area contributed by atoms with E-state index < -0.39 is 10.0 Å². The van der Waals surface area contributed by atoms with E-state index in [1.807, 2.05) is 19.2 Å². The van der Waals surface area contributed by atoms with Gasteiger partial charge in [0.05, 0.1) is 11.4 Å². The van der Waals surface area contributed by atoms with Crippen molar-refractivity contribution in [1.29, 1.82) is 0 Å². The van der Waals surface area contributed by atoms with Crippen molar-refractivity contribution in [1.82, 2.24) is 20.3 Å². The molecule has 0 aliphatic rings. The predicted molar refractivity (Wildman–Crippen MR) is 96.6 cm³/mol. The third-order valence-electron chi connectivity index (χ3n) is 3.24. The van der Waals surface area contributed by atoms with Crippen LogP contribution in [0.1, 0.15) is 15.4 Å².